The second-order valence-corrected chi connectivity index (χ2v) is 7.35. The number of aromatic nitrogens is 1. The minimum atomic E-state index is -2.79. The molecule has 0 spiro atoms. The van der Waals surface area contributed by atoms with E-state index in [1.54, 1.807) is 30.5 Å². The van der Waals surface area contributed by atoms with E-state index in [2.05, 4.69) is 9.72 Å². The summed E-state index contributed by atoms with van der Waals surface area (Å²) in [5.41, 5.74) is 0.659. The highest BCUT2D eigenvalue weighted by Gasteiger charge is 2.18. The van der Waals surface area contributed by atoms with Crippen LogP contribution in [0, 0.1) is 0 Å². The molecule has 28 heavy (non-hydrogen) atoms. The predicted octanol–water partition coefficient (Wildman–Crippen LogP) is 4.42. The lowest BCUT2D eigenvalue weighted by Gasteiger charge is -2.14. The molecule has 0 saturated heterocycles. The lowest BCUT2D eigenvalue weighted by Crippen LogP contribution is -2.05. The molecule has 0 radical (unpaired) electrons. The van der Waals surface area contributed by atoms with E-state index in [9.17, 15) is 17.8 Å². The summed E-state index contributed by atoms with van der Waals surface area (Å²) in [6.07, 6.45) is 0.153. The first-order chi connectivity index (χ1) is 13.4. The number of fused-ring (bicyclic) bond motifs is 1. The molecule has 8 heteroatoms. The van der Waals surface area contributed by atoms with Gasteiger partial charge in [-0.3, -0.25) is 14.0 Å². The first kappa shape index (κ1) is 19.9. The third-order valence-electron chi connectivity index (χ3n) is 4.11. The fourth-order valence-corrected chi connectivity index (χ4v) is 3.24. The highest BCUT2D eigenvalue weighted by molar-refractivity contribution is 7.84. The number of carbonyl (C=O) groups is 1. The van der Waals surface area contributed by atoms with E-state index in [1.807, 2.05) is 0 Å². The molecule has 1 atom stereocenters. The monoisotopic (exact) mass is 405 g/mol. The highest BCUT2D eigenvalue weighted by atomic mass is 32.2. The largest absolute Gasteiger partial charge is 0.469 e. The third-order valence-corrected chi connectivity index (χ3v) is 5.03. The van der Waals surface area contributed by atoms with Gasteiger partial charge < -0.3 is 9.47 Å². The van der Waals surface area contributed by atoms with Crippen LogP contribution in [0.25, 0.3) is 10.9 Å². The van der Waals surface area contributed by atoms with Crippen LogP contribution in [0.5, 0.6) is 11.5 Å². The maximum absolute atomic E-state index is 13.6. The summed E-state index contributed by atoms with van der Waals surface area (Å²) in [5, 5.41) is 0.564. The van der Waals surface area contributed by atoms with Gasteiger partial charge in [-0.15, -0.1) is 0 Å². The fourth-order valence-electron chi connectivity index (χ4n) is 2.70. The van der Waals surface area contributed by atoms with Crippen molar-refractivity contribution in [2.45, 2.75) is 17.7 Å². The van der Waals surface area contributed by atoms with Crippen molar-refractivity contribution in [3.8, 4) is 11.5 Å². The summed E-state index contributed by atoms with van der Waals surface area (Å²) >= 11 is 0. The van der Waals surface area contributed by atoms with Crippen molar-refractivity contribution in [2.24, 2.45) is 0 Å². The molecule has 3 aromatic rings. The van der Waals surface area contributed by atoms with Gasteiger partial charge in [0.05, 0.1) is 24.6 Å². The number of methoxy groups -OCH3 is 1. The molecule has 0 aliphatic rings. The number of pyridine rings is 1. The summed E-state index contributed by atoms with van der Waals surface area (Å²) in [4.78, 5) is 16.2. The molecular weight excluding hydrogens is 388 g/mol. The summed E-state index contributed by atoms with van der Waals surface area (Å²) in [5.74, 6) is -0.229. The maximum Gasteiger partial charge on any atom is 0.309 e. The molecule has 3 rings (SSSR count). The Balaban J connectivity index is 2.02. The van der Waals surface area contributed by atoms with E-state index in [0.29, 0.717) is 27.1 Å². The first-order valence-corrected chi connectivity index (χ1v) is 9.82. The van der Waals surface area contributed by atoms with Gasteiger partial charge in [-0.1, -0.05) is 6.07 Å². The number of halogens is 2. The lowest BCUT2D eigenvalue weighted by molar-refractivity contribution is -0.139. The zero-order chi connectivity index (χ0) is 20.3. The topological polar surface area (TPSA) is 65.5 Å². The highest BCUT2D eigenvalue weighted by Crippen LogP contribution is 2.36. The quantitative estimate of drug-likeness (QED) is 0.568. The Morgan fingerprint density at radius 2 is 1.93 bits per heavy atom. The molecule has 0 aliphatic carbocycles. The minimum absolute atomic E-state index is 0.0286. The van der Waals surface area contributed by atoms with Crippen molar-refractivity contribution in [2.75, 3.05) is 13.4 Å². The Morgan fingerprint density at radius 1 is 1.14 bits per heavy atom. The second kappa shape index (κ2) is 8.43. The van der Waals surface area contributed by atoms with Gasteiger partial charge >= 0.3 is 5.97 Å². The van der Waals surface area contributed by atoms with E-state index in [4.69, 9.17) is 4.74 Å². The van der Waals surface area contributed by atoms with E-state index in [-0.39, 0.29) is 17.7 Å². The molecule has 0 amide bonds. The molecule has 1 heterocycles. The first-order valence-electron chi connectivity index (χ1n) is 8.27. The van der Waals surface area contributed by atoms with Crippen LogP contribution in [0.2, 0.25) is 0 Å². The van der Waals surface area contributed by atoms with E-state index >= 15 is 0 Å². The van der Waals surface area contributed by atoms with Crippen molar-refractivity contribution in [1.29, 1.82) is 0 Å². The molecule has 5 nitrogen and oxygen atoms in total. The normalized spacial score (nSPS) is 12.2. The van der Waals surface area contributed by atoms with Gasteiger partial charge in [-0.25, -0.2) is 8.78 Å². The summed E-state index contributed by atoms with van der Waals surface area (Å²) in [6.45, 7) is 0. The number of ether oxygens (including phenoxy) is 2. The SMILES string of the molecule is COC(=O)Cc1ccc(Oc2ccnc3ccc(S(C)=O)cc23)c(C(F)F)c1. The van der Waals surface area contributed by atoms with Gasteiger partial charge in [0.15, 0.2) is 0 Å². The number of alkyl halides is 2. The zero-order valence-corrected chi connectivity index (χ0v) is 16.0. The van der Waals surface area contributed by atoms with Crippen LogP contribution >= 0.6 is 0 Å². The van der Waals surface area contributed by atoms with Gasteiger partial charge in [-0.05, 0) is 42.0 Å². The van der Waals surface area contributed by atoms with Gasteiger partial charge in [-0.2, -0.15) is 0 Å². The van der Waals surface area contributed by atoms with Crippen LogP contribution in [-0.2, 0) is 26.8 Å². The Labute approximate surface area is 162 Å². The van der Waals surface area contributed by atoms with Gasteiger partial charge in [0.1, 0.15) is 11.5 Å². The summed E-state index contributed by atoms with van der Waals surface area (Å²) < 4.78 is 49.2. The number of benzene rings is 2. The molecule has 0 fully saturated rings. The lowest BCUT2D eigenvalue weighted by atomic mass is 10.1. The molecule has 146 valence electrons. The Bertz CT molecular complexity index is 1060. The molecule has 0 N–H and O–H groups in total. The Morgan fingerprint density at radius 3 is 2.61 bits per heavy atom. The molecular formula is C20H17F2NO4S. The van der Waals surface area contributed by atoms with E-state index in [1.165, 1.54) is 31.5 Å². The molecule has 0 aliphatic heterocycles. The van der Waals surface area contributed by atoms with Crippen molar-refractivity contribution >= 4 is 27.7 Å². The van der Waals surface area contributed by atoms with Gasteiger partial charge in [0.2, 0.25) is 0 Å². The van der Waals surface area contributed by atoms with Crippen LogP contribution in [0.15, 0.2) is 53.6 Å². The van der Waals surface area contributed by atoms with Crippen LogP contribution in [0.4, 0.5) is 8.78 Å². The smallest absolute Gasteiger partial charge is 0.309 e. The number of carbonyl (C=O) groups excluding carboxylic acids is 1. The van der Waals surface area contributed by atoms with Crippen LogP contribution in [0.3, 0.4) is 0 Å². The molecule has 1 unspecified atom stereocenters. The molecule has 0 bridgehead atoms. The summed E-state index contributed by atoms with van der Waals surface area (Å²) in [7, 11) is 0.0276. The van der Waals surface area contributed by atoms with Crippen molar-refractivity contribution in [1.82, 2.24) is 4.98 Å². The van der Waals surface area contributed by atoms with Crippen LogP contribution < -0.4 is 4.74 Å². The number of hydrogen-bond donors (Lipinski definition) is 0. The molecule has 1 aromatic heterocycles. The Hall–Kier alpha value is -2.87. The average molecular weight is 405 g/mol. The van der Waals surface area contributed by atoms with Crippen molar-refractivity contribution < 1.29 is 27.3 Å². The van der Waals surface area contributed by atoms with E-state index < -0.39 is 23.2 Å². The van der Waals surface area contributed by atoms with Crippen LogP contribution in [-0.4, -0.2) is 28.5 Å². The Kier molecular flexibility index (Phi) is 5.99. The van der Waals surface area contributed by atoms with Gasteiger partial charge in [0.25, 0.3) is 6.43 Å². The van der Waals surface area contributed by atoms with Crippen molar-refractivity contribution in [3.05, 3.63) is 59.8 Å². The molecule has 0 saturated carbocycles. The molecule has 2 aromatic carbocycles. The number of nitrogens with zero attached hydrogens (tertiary/aromatic N) is 1. The zero-order valence-electron chi connectivity index (χ0n) is 15.1. The standard InChI is InChI=1S/C20H17F2NO4S/c1-26-19(24)10-12-3-6-17(15(9-12)20(21)22)27-18-7-8-23-16-5-4-13(28(2)25)11-14(16)18/h3-9,11,20H,10H2,1-2H3. The predicted molar refractivity (Wildman–Crippen MR) is 101 cm³/mol. The maximum atomic E-state index is 13.6. The average Bonchev–Trinajstić information content (AvgIpc) is 2.68. The number of rotatable bonds is 6. The summed E-state index contributed by atoms with van der Waals surface area (Å²) in [6, 6.07) is 10.8. The van der Waals surface area contributed by atoms with Gasteiger partial charge in [0, 0.05) is 33.5 Å². The number of hydrogen-bond acceptors (Lipinski definition) is 5. The minimum Gasteiger partial charge on any atom is -0.469 e. The fraction of sp³-hybridized carbons (Fsp3) is 0.200. The second-order valence-electron chi connectivity index (χ2n) is 5.97. The van der Waals surface area contributed by atoms with Crippen molar-refractivity contribution in [3.63, 3.8) is 0 Å². The number of esters is 1. The third kappa shape index (κ3) is 4.33. The van der Waals surface area contributed by atoms with E-state index in [0.717, 1.165) is 0 Å². The van der Waals surface area contributed by atoms with Crippen LogP contribution in [0.1, 0.15) is 17.6 Å².